The maximum Gasteiger partial charge on any atom is 0.00890 e. The van der Waals surface area contributed by atoms with Crippen molar-refractivity contribution in [1.29, 1.82) is 0 Å². The quantitative estimate of drug-likeness (QED) is 0.0973. The Labute approximate surface area is 204 Å². The van der Waals surface area contributed by atoms with Gasteiger partial charge in [-0.1, -0.05) is 142 Å². The predicted molar refractivity (Wildman–Crippen MR) is 147 cm³/mol. The van der Waals surface area contributed by atoms with Crippen molar-refractivity contribution in [2.45, 2.75) is 180 Å². The van der Waals surface area contributed by atoms with Crippen LogP contribution in [0.5, 0.6) is 0 Å². The summed E-state index contributed by atoms with van der Waals surface area (Å²) in [7, 11) is 0. The first-order valence-electron chi connectivity index (χ1n) is 14.8. The normalized spacial score (nSPS) is 10.6. The van der Waals surface area contributed by atoms with Crippen LogP contribution in [-0.4, -0.2) is 0 Å². The summed E-state index contributed by atoms with van der Waals surface area (Å²) in [6.45, 7) is 2.30. The lowest BCUT2D eigenvalue weighted by molar-refractivity contribution is 0.519. The van der Waals surface area contributed by atoms with Gasteiger partial charge in [-0.3, -0.25) is 0 Å². The average Bonchev–Trinajstić information content (AvgIpc) is 2.81. The van der Waals surface area contributed by atoms with E-state index in [0.29, 0.717) is 0 Å². The van der Waals surface area contributed by atoms with Crippen LogP contribution in [0.25, 0.3) is 0 Å². The van der Waals surface area contributed by atoms with Gasteiger partial charge in [-0.05, 0) is 19.3 Å². The molecule has 0 aliphatic carbocycles. The Morgan fingerprint density at radius 2 is 0.594 bits per heavy atom. The first-order chi connectivity index (χ1) is 15.9. The molecule has 0 aliphatic rings. The SMILES string of the molecule is C#CCCCCC#CCCCCCCCCCCCCCCCCCCCCCCCC. The molecule has 0 heterocycles. The number of unbranched alkanes of at least 4 members (excludes halogenated alkanes) is 25. The number of hydrogen-bond donors (Lipinski definition) is 0. The van der Waals surface area contributed by atoms with E-state index in [4.69, 9.17) is 6.42 Å². The fraction of sp³-hybridized carbons (Fsp3) is 0.875. The highest BCUT2D eigenvalue weighted by atomic mass is 14.0. The van der Waals surface area contributed by atoms with E-state index >= 15 is 0 Å². The topological polar surface area (TPSA) is 0 Å². The summed E-state index contributed by atoms with van der Waals surface area (Å²) in [5, 5.41) is 0. The smallest absolute Gasteiger partial charge is 0.00890 e. The standard InChI is InChI=1S/C32H58/c1-3-5-7-9-11-13-15-17-19-21-23-25-27-29-31-32-30-28-26-24-22-20-18-16-14-12-10-8-6-4-2/h1H,4-12,14,16-32H2,2H3. The van der Waals surface area contributed by atoms with Crippen molar-refractivity contribution in [1.82, 2.24) is 0 Å². The lowest BCUT2D eigenvalue weighted by Gasteiger charge is -2.04. The summed E-state index contributed by atoms with van der Waals surface area (Å²) in [5.41, 5.74) is 0. The predicted octanol–water partition coefficient (Wildman–Crippen LogP) is 11.2. The van der Waals surface area contributed by atoms with Crippen LogP contribution >= 0.6 is 0 Å². The minimum absolute atomic E-state index is 0.904. The van der Waals surface area contributed by atoms with E-state index in [2.05, 4.69) is 24.7 Å². The Kier molecular flexibility index (Phi) is 29.3. The zero-order valence-electron chi connectivity index (χ0n) is 22.2. The number of terminal acetylenes is 1. The van der Waals surface area contributed by atoms with E-state index in [1.165, 1.54) is 141 Å². The number of rotatable bonds is 25. The third-order valence-electron chi connectivity index (χ3n) is 6.65. The van der Waals surface area contributed by atoms with E-state index in [-0.39, 0.29) is 0 Å². The second-order valence-electron chi connectivity index (χ2n) is 9.94. The van der Waals surface area contributed by atoms with E-state index in [1.54, 1.807) is 0 Å². The lowest BCUT2D eigenvalue weighted by Crippen LogP contribution is -1.84. The summed E-state index contributed by atoms with van der Waals surface area (Å²) >= 11 is 0. The van der Waals surface area contributed by atoms with Crippen LogP contribution in [0, 0.1) is 24.2 Å². The minimum Gasteiger partial charge on any atom is -0.120 e. The van der Waals surface area contributed by atoms with Crippen LogP contribution in [0.15, 0.2) is 0 Å². The average molecular weight is 443 g/mol. The molecule has 0 N–H and O–H groups in total. The Bertz CT molecular complexity index is 429. The maximum absolute atomic E-state index is 5.25. The highest BCUT2D eigenvalue weighted by molar-refractivity contribution is 4.98. The van der Waals surface area contributed by atoms with Gasteiger partial charge in [0.05, 0.1) is 0 Å². The highest BCUT2D eigenvalue weighted by Crippen LogP contribution is 2.15. The summed E-state index contributed by atoms with van der Waals surface area (Å²) in [4.78, 5) is 0. The Morgan fingerprint density at radius 3 is 0.906 bits per heavy atom. The molecule has 0 saturated heterocycles. The Hall–Kier alpha value is -0.880. The molecule has 0 aromatic heterocycles. The van der Waals surface area contributed by atoms with Gasteiger partial charge in [0.25, 0.3) is 0 Å². The van der Waals surface area contributed by atoms with Crippen molar-refractivity contribution >= 4 is 0 Å². The van der Waals surface area contributed by atoms with Gasteiger partial charge in [0.1, 0.15) is 0 Å². The Balaban J connectivity index is 3.05. The monoisotopic (exact) mass is 442 g/mol. The molecule has 0 heteroatoms. The molecule has 0 aromatic rings. The molecular weight excluding hydrogens is 384 g/mol. The lowest BCUT2D eigenvalue weighted by atomic mass is 10.0. The van der Waals surface area contributed by atoms with Gasteiger partial charge in [0, 0.05) is 19.3 Å². The van der Waals surface area contributed by atoms with Gasteiger partial charge >= 0.3 is 0 Å². The van der Waals surface area contributed by atoms with Crippen LogP contribution < -0.4 is 0 Å². The van der Waals surface area contributed by atoms with E-state index < -0.39 is 0 Å². The van der Waals surface area contributed by atoms with E-state index in [9.17, 15) is 0 Å². The minimum atomic E-state index is 0.904. The van der Waals surface area contributed by atoms with Crippen molar-refractivity contribution in [2.24, 2.45) is 0 Å². The second kappa shape index (κ2) is 30.1. The second-order valence-corrected chi connectivity index (χ2v) is 9.94. The molecule has 32 heavy (non-hydrogen) atoms. The van der Waals surface area contributed by atoms with Crippen LogP contribution in [0.2, 0.25) is 0 Å². The molecule has 0 unspecified atom stereocenters. The summed E-state index contributed by atoms with van der Waals surface area (Å²) in [5.74, 6) is 9.30. The van der Waals surface area contributed by atoms with Crippen molar-refractivity contribution < 1.29 is 0 Å². The van der Waals surface area contributed by atoms with Crippen molar-refractivity contribution in [2.75, 3.05) is 0 Å². The fourth-order valence-corrected chi connectivity index (χ4v) is 4.44. The molecule has 0 saturated carbocycles. The zero-order chi connectivity index (χ0) is 23.2. The molecule has 0 spiro atoms. The molecule has 0 atom stereocenters. The van der Waals surface area contributed by atoms with Gasteiger partial charge in [-0.2, -0.15) is 0 Å². The summed E-state index contributed by atoms with van der Waals surface area (Å²) in [6.07, 6.45) is 42.4. The fourth-order valence-electron chi connectivity index (χ4n) is 4.44. The molecule has 0 aromatic carbocycles. The molecule has 0 amide bonds. The molecule has 0 rings (SSSR count). The van der Waals surface area contributed by atoms with Gasteiger partial charge in [0.15, 0.2) is 0 Å². The summed E-state index contributed by atoms with van der Waals surface area (Å²) in [6, 6.07) is 0. The molecule has 186 valence electrons. The molecule has 0 bridgehead atoms. The van der Waals surface area contributed by atoms with Gasteiger partial charge in [0.2, 0.25) is 0 Å². The van der Waals surface area contributed by atoms with Gasteiger partial charge in [-0.15, -0.1) is 24.2 Å². The molecular formula is C32H58. The van der Waals surface area contributed by atoms with Crippen LogP contribution in [0.3, 0.4) is 0 Å². The highest BCUT2D eigenvalue weighted by Gasteiger charge is 1.95. The first kappa shape index (κ1) is 31.1. The maximum atomic E-state index is 5.25. The van der Waals surface area contributed by atoms with E-state index in [0.717, 1.165) is 32.1 Å². The molecule has 0 aliphatic heterocycles. The summed E-state index contributed by atoms with van der Waals surface area (Å²) < 4.78 is 0. The largest absolute Gasteiger partial charge is 0.120 e. The molecule has 0 radical (unpaired) electrons. The van der Waals surface area contributed by atoms with Crippen LogP contribution in [0.4, 0.5) is 0 Å². The van der Waals surface area contributed by atoms with Crippen molar-refractivity contribution in [3.8, 4) is 24.2 Å². The van der Waals surface area contributed by atoms with Gasteiger partial charge in [-0.25, -0.2) is 0 Å². The first-order valence-corrected chi connectivity index (χ1v) is 14.8. The van der Waals surface area contributed by atoms with Crippen molar-refractivity contribution in [3.05, 3.63) is 0 Å². The van der Waals surface area contributed by atoms with Crippen molar-refractivity contribution in [3.63, 3.8) is 0 Å². The Morgan fingerprint density at radius 1 is 0.344 bits per heavy atom. The molecule has 0 fully saturated rings. The molecule has 0 nitrogen and oxygen atoms in total. The zero-order valence-corrected chi connectivity index (χ0v) is 22.2. The number of hydrogen-bond acceptors (Lipinski definition) is 0. The van der Waals surface area contributed by atoms with E-state index in [1.807, 2.05) is 0 Å². The van der Waals surface area contributed by atoms with Gasteiger partial charge < -0.3 is 0 Å². The third kappa shape index (κ3) is 29.1. The van der Waals surface area contributed by atoms with Crippen LogP contribution in [-0.2, 0) is 0 Å². The van der Waals surface area contributed by atoms with Crippen LogP contribution in [0.1, 0.15) is 180 Å². The third-order valence-corrected chi connectivity index (χ3v) is 6.65.